The Bertz CT molecular complexity index is 267. The third-order valence-electron chi connectivity index (χ3n) is 2.20. The minimum Gasteiger partial charge on any atom is -0.394 e. The molecule has 0 saturated carbocycles. The van der Waals surface area contributed by atoms with E-state index in [0.29, 0.717) is 0 Å². The molecule has 86 valence electrons. The van der Waals surface area contributed by atoms with Crippen LogP contribution in [0, 0.1) is 11.5 Å². The van der Waals surface area contributed by atoms with Gasteiger partial charge in [-0.15, -0.1) is 0 Å². The average Bonchev–Trinajstić information content (AvgIpc) is 2.21. The van der Waals surface area contributed by atoms with E-state index in [0.717, 1.165) is 0 Å². The number of ether oxygens (including phenoxy) is 1. The second-order valence-electron chi connectivity index (χ2n) is 3.20. The Labute approximate surface area is 85.0 Å². The van der Waals surface area contributed by atoms with Crippen LogP contribution >= 0.6 is 0 Å². The highest BCUT2D eigenvalue weighted by Gasteiger charge is 2.53. The van der Waals surface area contributed by atoms with Crippen LogP contribution in [-0.4, -0.2) is 62.5 Å². The van der Waals surface area contributed by atoms with Crippen molar-refractivity contribution in [1.82, 2.24) is 5.32 Å². The van der Waals surface area contributed by atoms with Gasteiger partial charge in [0.15, 0.2) is 12.3 Å². The minimum absolute atomic E-state index is 0.680. The normalized spacial score (nSPS) is 45.9. The van der Waals surface area contributed by atoms with Crippen LogP contribution in [0.15, 0.2) is 0 Å². The summed E-state index contributed by atoms with van der Waals surface area (Å²) in [6.07, 6.45) is -5.16. The fraction of sp³-hybridized carbons (Fsp3) is 0.857. The quantitative estimate of drug-likeness (QED) is 0.158. The fourth-order valence-corrected chi connectivity index (χ4v) is 1.34. The van der Waals surface area contributed by atoms with Gasteiger partial charge < -0.3 is 30.3 Å². The first-order valence-corrected chi connectivity index (χ1v) is 4.17. The van der Waals surface area contributed by atoms with Gasteiger partial charge in [0.05, 0.1) is 6.61 Å². The molecule has 15 heavy (non-hydrogen) atoms. The van der Waals surface area contributed by atoms with Crippen molar-refractivity contribution in [3.63, 3.8) is 0 Å². The van der Waals surface area contributed by atoms with Crippen LogP contribution in [0.3, 0.4) is 0 Å². The molecule has 0 spiro atoms. The molecule has 0 aromatic heterocycles. The van der Waals surface area contributed by atoms with Crippen LogP contribution in [0.2, 0.25) is 0 Å². The van der Waals surface area contributed by atoms with Gasteiger partial charge in [0, 0.05) is 0 Å². The molecular formula is C7H12N2O6. The van der Waals surface area contributed by atoms with Gasteiger partial charge in [0.2, 0.25) is 0 Å². The van der Waals surface area contributed by atoms with Crippen molar-refractivity contribution in [1.29, 1.82) is 5.26 Å². The lowest BCUT2D eigenvalue weighted by molar-refractivity contribution is -0.357. The highest BCUT2D eigenvalue weighted by Crippen LogP contribution is 2.25. The summed E-state index contributed by atoms with van der Waals surface area (Å²) in [5.41, 5.74) is 0. The Morgan fingerprint density at radius 2 is 1.93 bits per heavy atom. The van der Waals surface area contributed by atoms with Gasteiger partial charge >= 0.3 is 0 Å². The predicted octanol–water partition coefficient (Wildman–Crippen LogP) is -3.82. The second kappa shape index (κ2) is 4.28. The van der Waals surface area contributed by atoms with E-state index in [1.54, 1.807) is 5.32 Å². The summed E-state index contributed by atoms with van der Waals surface area (Å²) in [5.74, 6) is -2.51. The topological polar surface area (TPSA) is 146 Å². The van der Waals surface area contributed by atoms with Crippen molar-refractivity contribution in [3.05, 3.63) is 0 Å². The minimum atomic E-state index is -2.51. The van der Waals surface area contributed by atoms with E-state index < -0.39 is 36.9 Å². The van der Waals surface area contributed by atoms with E-state index in [9.17, 15) is 20.4 Å². The zero-order chi connectivity index (χ0) is 11.6. The number of nitrogens with one attached hydrogen (secondary N) is 1. The smallest absolute Gasteiger partial charge is 0.285 e. The molecule has 1 heterocycles. The van der Waals surface area contributed by atoms with Gasteiger partial charge in [0.25, 0.3) is 5.91 Å². The highest BCUT2D eigenvalue weighted by atomic mass is 16.7. The number of aliphatic hydroxyl groups excluding tert-OH is 4. The first-order chi connectivity index (χ1) is 6.96. The molecule has 1 rings (SSSR count). The number of nitrogens with zero attached hydrogens (tertiary/aromatic N) is 1. The highest BCUT2D eigenvalue weighted by molar-refractivity contribution is 4.96. The van der Waals surface area contributed by atoms with Crippen LogP contribution in [0.4, 0.5) is 0 Å². The van der Waals surface area contributed by atoms with Gasteiger partial charge in [-0.1, -0.05) is 0 Å². The van der Waals surface area contributed by atoms with Crippen molar-refractivity contribution in [2.75, 3.05) is 6.61 Å². The molecule has 1 aliphatic heterocycles. The first kappa shape index (κ1) is 12.1. The molecule has 6 N–H and O–H groups in total. The Morgan fingerprint density at radius 1 is 1.33 bits per heavy atom. The molecule has 0 amide bonds. The summed E-state index contributed by atoms with van der Waals surface area (Å²) in [6, 6.07) is 0. The van der Waals surface area contributed by atoms with Crippen LogP contribution < -0.4 is 5.32 Å². The zero-order valence-electron chi connectivity index (χ0n) is 7.61. The van der Waals surface area contributed by atoms with Crippen molar-refractivity contribution >= 4 is 0 Å². The maximum Gasteiger partial charge on any atom is 0.285 e. The summed E-state index contributed by atoms with van der Waals surface area (Å²) in [5, 5.41) is 56.3. The molecule has 5 atom stereocenters. The van der Waals surface area contributed by atoms with E-state index in [1.165, 1.54) is 6.19 Å². The number of rotatable bonds is 2. The fourth-order valence-electron chi connectivity index (χ4n) is 1.34. The Balaban J connectivity index is 2.88. The molecular weight excluding hydrogens is 208 g/mol. The Hall–Kier alpha value is -0.950. The molecule has 0 aromatic rings. The molecule has 1 aliphatic rings. The average molecular weight is 220 g/mol. The van der Waals surface area contributed by atoms with E-state index >= 15 is 0 Å². The van der Waals surface area contributed by atoms with Crippen LogP contribution in [0.25, 0.3) is 0 Å². The molecule has 1 unspecified atom stereocenters. The van der Waals surface area contributed by atoms with E-state index in [2.05, 4.69) is 4.74 Å². The maximum atomic E-state index is 9.54. The lowest BCUT2D eigenvalue weighted by Gasteiger charge is -2.44. The van der Waals surface area contributed by atoms with E-state index in [4.69, 9.17) is 10.4 Å². The molecule has 1 saturated heterocycles. The van der Waals surface area contributed by atoms with Crippen molar-refractivity contribution in [3.8, 4) is 6.19 Å². The zero-order valence-corrected chi connectivity index (χ0v) is 7.61. The summed E-state index contributed by atoms with van der Waals surface area (Å²) in [6.45, 7) is -0.680. The third kappa shape index (κ3) is 2.03. The molecule has 8 nitrogen and oxygen atoms in total. The summed E-state index contributed by atoms with van der Waals surface area (Å²) >= 11 is 0. The first-order valence-electron chi connectivity index (χ1n) is 4.17. The Morgan fingerprint density at radius 3 is 2.40 bits per heavy atom. The monoisotopic (exact) mass is 220 g/mol. The molecule has 1 fully saturated rings. The van der Waals surface area contributed by atoms with E-state index in [-0.39, 0.29) is 0 Å². The van der Waals surface area contributed by atoms with Gasteiger partial charge in [0.1, 0.15) is 18.3 Å². The van der Waals surface area contributed by atoms with Gasteiger partial charge in [-0.3, -0.25) is 5.32 Å². The lowest BCUT2D eigenvalue weighted by atomic mass is 9.97. The molecule has 0 bridgehead atoms. The predicted molar refractivity (Wildman–Crippen MR) is 43.7 cm³/mol. The number of hydrogen-bond donors (Lipinski definition) is 6. The SMILES string of the molecule is N#CNC1(O)O[C@H](CO)[C@@H](O)[C@H](O)[C@H]1O. The second-order valence-corrected chi connectivity index (χ2v) is 3.20. The lowest BCUT2D eigenvalue weighted by Crippen LogP contribution is -2.69. The van der Waals surface area contributed by atoms with Crippen LogP contribution in [-0.2, 0) is 4.74 Å². The molecule has 8 heteroatoms. The van der Waals surface area contributed by atoms with Gasteiger partial charge in [-0.2, -0.15) is 5.26 Å². The van der Waals surface area contributed by atoms with E-state index in [1.807, 2.05) is 0 Å². The molecule has 0 radical (unpaired) electrons. The van der Waals surface area contributed by atoms with Gasteiger partial charge in [-0.25, -0.2) is 0 Å². The van der Waals surface area contributed by atoms with Crippen LogP contribution in [0.1, 0.15) is 0 Å². The summed E-state index contributed by atoms with van der Waals surface area (Å²) in [4.78, 5) is 0. The third-order valence-corrected chi connectivity index (χ3v) is 2.20. The maximum absolute atomic E-state index is 9.54. The Kier molecular flexibility index (Phi) is 3.46. The van der Waals surface area contributed by atoms with Crippen molar-refractivity contribution in [2.45, 2.75) is 30.3 Å². The van der Waals surface area contributed by atoms with Crippen molar-refractivity contribution in [2.24, 2.45) is 0 Å². The standard InChI is InChI=1S/C7H12N2O6/c8-2-9-7(14)6(13)5(12)4(11)3(1-10)15-7/h3-6,9-14H,1H2/t3-,4-,5+,6-,7?/m1/s1. The molecule has 0 aromatic carbocycles. The summed E-state index contributed by atoms with van der Waals surface area (Å²) < 4.78 is 4.67. The van der Waals surface area contributed by atoms with Crippen LogP contribution in [0.5, 0.6) is 0 Å². The number of nitriles is 1. The van der Waals surface area contributed by atoms with Crippen molar-refractivity contribution < 1.29 is 30.3 Å². The largest absolute Gasteiger partial charge is 0.394 e. The molecule has 0 aliphatic carbocycles. The summed E-state index contributed by atoms with van der Waals surface area (Å²) in [7, 11) is 0. The number of hydrogen-bond acceptors (Lipinski definition) is 8. The number of aliphatic hydroxyl groups is 5. The van der Waals surface area contributed by atoms with Gasteiger partial charge in [-0.05, 0) is 0 Å².